The number of ether oxygens (including phenoxy) is 1. The molecular formula is C20H25N3O3. The summed E-state index contributed by atoms with van der Waals surface area (Å²) in [5, 5.41) is 4.45. The van der Waals surface area contributed by atoms with E-state index in [2.05, 4.69) is 5.10 Å². The van der Waals surface area contributed by atoms with Gasteiger partial charge in [-0.2, -0.15) is 5.10 Å². The number of hydrogen-bond donors (Lipinski definition) is 0. The largest absolute Gasteiger partial charge is 0.452 e. The van der Waals surface area contributed by atoms with Gasteiger partial charge >= 0.3 is 5.97 Å². The molecule has 0 bridgehead atoms. The minimum Gasteiger partial charge on any atom is -0.452 e. The lowest BCUT2D eigenvalue weighted by Crippen LogP contribution is -2.44. The van der Waals surface area contributed by atoms with E-state index in [1.54, 1.807) is 11.6 Å². The minimum absolute atomic E-state index is 0.128. The third-order valence-corrected chi connectivity index (χ3v) is 4.95. The Kier molecular flexibility index (Phi) is 5.40. The van der Waals surface area contributed by atoms with Gasteiger partial charge in [0, 0.05) is 12.6 Å². The number of piperidine rings is 1. The summed E-state index contributed by atoms with van der Waals surface area (Å²) in [4.78, 5) is 26.7. The van der Waals surface area contributed by atoms with Gasteiger partial charge in [0.05, 0.1) is 17.1 Å². The number of aryl methyl sites for hydroxylation is 1. The summed E-state index contributed by atoms with van der Waals surface area (Å²) in [5.74, 6) is -0.628. The molecule has 138 valence electrons. The van der Waals surface area contributed by atoms with Crippen LogP contribution in [0.3, 0.4) is 0 Å². The van der Waals surface area contributed by atoms with Gasteiger partial charge in [0.1, 0.15) is 5.56 Å². The molecule has 1 fully saturated rings. The monoisotopic (exact) mass is 355 g/mol. The van der Waals surface area contributed by atoms with Crippen LogP contribution in [0, 0.1) is 13.8 Å². The van der Waals surface area contributed by atoms with Crippen molar-refractivity contribution in [3.05, 3.63) is 47.3 Å². The molecule has 1 aliphatic rings. The zero-order chi connectivity index (χ0) is 18.7. The maximum atomic E-state index is 12.6. The molecule has 26 heavy (non-hydrogen) atoms. The van der Waals surface area contributed by atoms with Gasteiger partial charge in [-0.05, 0) is 52.2 Å². The molecule has 1 saturated heterocycles. The van der Waals surface area contributed by atoms with Crippen LogP contribution in [0.2, 0.25) is 0 Å². The molecule has 1 amide bonds. The predicted octanol–water partition coefficient (Wildman–Crippen LogP) is 3.05. The second-order valence-electron chi connectivity index (χ2n) is 6.80. The quantitative estimate of drug-likeness (QED) is 0.791. The standard InChI is InChI=1S/C20H25N3O3/c1-14-9-7-8-12-22(14)18(24)13-26-20(25)19-15(2)21-23(16(19)3)17-10-5-4-6-11-17/h4-6,10-11,14H,7-9,12-13H2,1-3H3. The number of nitrogens with zero attached hydrogens (tertiary/aromatic N) is 3. The van der Waals surface area contributed by atoms with Crippen molar-refractivity contribution in [3.8, 4) is 5.69 Å². The second kappa shape index (κ2) is 7.72. The van der Waals surface area contributed by atoms with Crippen molar-refractivity contribution in [2.24, 2.45) is 0 Å². The lowest BCUT2D eigenvalue weighted by Gasteiger charge is -2.33. The Labute approximate surface area is 153 Å². The Morgan fingerprint density at radius 3 is 2.62 bits per heavy atom. The zero-order valence-electron chi connectivity index (χ0n) is 15.6. The minimum atomic E-state index is -0.500. The van der Waals surface area contributed by atoms with E-state index in [0.717, 1.165) is 31.5 Å². The third kappa shape index (κ3) is 3.64. The smallest absolute Gasteiger partial charge is 0.342 e. The first-order chi connectivity index (χ1) is 12.5. The van der Waals surface area contributed by atoms with Gasteiger partial charge in [0.25, 0.3) is 5.91 Å². The predicted molar refractivity (Wildman–Crippen MR) is 98.3 cm³/mol. The van der Waals surface area contributed by atoms with E-state index in [1.807, 2.05) is 49.1 Å². The highest BCUT2D eigenvalue weighted by Gasteiger charge is 2.26. The fourth-order valence-electron chi connectivity index (χ4n) is 3.51. The van der Waals surface area contributed by atoms with Gasteiger partial charge < -0.3 is 9.64 Å². The van der Waals surface area contributed by atoms with Crippen LogP contribution in [0.5, 0.6) is 0 Å². The van der Waals surface area contributed by atoms with E-state index in [1.165, 1.54) is 0 Å². The Hall–Kier alpha value is -2.63. The molecule has 1 aliphatic heterocycles. The van der Waals surface area contributed by atoms with E-state index in [9.17, 15) is 9.59 Å². The van der Waals surface area contributed by atoms with Gasteiger partial charge in [-0.25, -0.2) is 9.48 Å². The van der Waals surface area contributed by atoms with Crippen molar-refractivity contribution in [1.82, 2.24) is 14.7 Å². The topological polar surface area (TPSA) is 64.4 Å². The molecule has 3 rings (SSSR count). The van der Waals surface area contributed by atoms with E-state index >= 15 is 0 Å². The highest BCUT2D eigenvalue weighted by Crippen LogP contribution is 2.20. The summed E-state index contributed by atoms with van der Waals surface area (Å²) in [6, 6.07) is 9.83. The van der Waals surface area contributed by atoms with Crippen LogP contribution in [-0.2, 0) is 9.53 Å². The summed E-state index contributed by atoms with van der Waals surface area (Å²) in [6.45, 7) is 6.16. The fraction of sp³-hybridized carbons (Fsp3) is 0.450. The van der Waals surface area contributed by atoms with Gasteiger partial charge in [-0.1, -0.05) is 18.2 Å². The number of rotatable bonds is 4. The van der Waals surface area contributed by atoms with E-state index < -0.39 is 5.97 Å². The number of likely N-dealkylation sites (tertiary alicyclic amines) is 1. The molecule has 0 spiro atoms. The van der Waals surface area contributed by atoms with Gasteiger partial charge in [0.15, 0.2) is 6.61 Å². The maximum absolute atomic E-state index is 12.6. The van der Waals surface area contributed by atoms with Gasteiger partial charge in [0.2, 0.25) is 0 Å². The first-order valence-corrected chi connectivity index (χ1v) is 9.07. The van der Waals surface area contributed by atoms with Crippen LogP contribution in [0.1, 0.15) is 47.9 Å². The molecule has 6 nitrogen and oxygen atoms in total. The molecule has 6 heteroatoms. The number of carbonyl (C=O) groups excluding carboxylic acids is 2. The van der Waals surface area contributed by atoms with Crippen LogP contribution >= 0.6 is 0 Å². The summed E-state index contributed by atoms with van der Waals surface area (Å²) < 4.78 is 7.04. The molecule has 0 N–H and O–H groups in total. The van der Waals surface area contributed by atoms with Crippen molar-refractivity contribution < 1.29 is 14.3 Å². The molecule has 0 saturated carbocycles. The number of carbonyl (C=O) groups is 2. The van der Waals surface area contributed by atoms with Crippen molar-refractivity contribution in [1.29, 1.82) is 0 Å². The van der Waals surface area contributed by atoms with Crippen LogP contribution < -0.4 is 0 Å². The molecular weight excluding hydrogens is 330 g/mol. The first-order valence-electron chi connectivity index (χ1n) is 9.07. The zero-order valence-corrected chi connectivity index (χ0v) is 15.6. The Balaban J connectivity index is 1.70. The Bertz CT molecular complexity index is 798. The SMILES string of the molecule is Cc1nn(-c2ccccc2)c(C)c1C(=O)OCC(=O)N1CCCCC1C. The fourth-order valence-corrected chi connectivity index (χ4v) is 3.51. The number of esters is 1. The lowest BCUT2D eigenvalue weighted by molar-refractivity contribution is -0.137. The van der Waals surface area contributed by atoms with Crippen LogP contribution in [-0.4, -0.2) is 45.8 Å². The highest BCUT2D eigenvalue weighted by atomic mass is 16.5. The van der Waals surface area contributed by atoms with Crippen molar-refractivity contribution in [2.45, 2.75) is 46.1 Å². The van der Waals surface area contributed by atoms with Crippen LogP contribution in [0.4, 0.5) is 0 Å². The Morgan fingerprint density at radius 2 is 1.92 bits per heavy atom. The number of hydrogen-bond acceptors (Lipinski definition) is 4. The maximum Gasteiger partial charge on any atom is 0.342 e. The van der Waals surface area contributed by atoms with E-state index in [0.29, 0.717) is 17.0 Å². The molecule has 0 radical (unpaired) electrons. The van der Waals surface area contributed by atoms with Crippen molar-refractivity contribution >= 4 is 11.9 Å². The number of amides is 1. The molecule has 1 aromatic carbocycles. The molecule has 1 unspecified atom stereocenters. The molecule has 1 atom stereocenters. The molecule has 0 aliphatic carbocycles. The number of para-hydroxylation sites is 1. The summed E-state index contributed by atoms with van der Waals surface area (Å²) in [6.07, 6.45) is 3.15. The van der Waals surface area contributed by atoms with Crippen molar-refractivity contribution in [3.63, 3.8) is 0 Å². The van der Waals surface area contributed by atoms with E-state index in [4.69, 9.17) is 4.74 Å². The Morgan fingerprint density at radius 1 is 1.19 bits per heavy atom. The molecule has 2 aromatic rings. The number of aromatic nitrogens is 2. The molecule has 2 heterocycles. The normalized spacial score (nSPS) is 17.2. The van der Waals surface area contributed by atoms with Gasteiger partial charge in [-0.15, -0.1) is 0 Å². The summed E-state index contributed by atoms with van der Waals surface area (Å²) >= 11 is 0. The molecule has 1 aromatic heterocycles. The average molecular weight is 355 g/mol. The average Bonchev–Trinajstić information content (AvgIpc) is 2.95. The van der Waals surface area contributed by atoms with Crippen molar-refractivity contribution in [2.75, 3.05) is 13.2 Å². The number of benzene rings is 1. The summed E-state index contributed by atoms with van der Waals surface area (Å²) in [7, 11) is 0. The van der Waals surface area contributed by atoms with E-state index in [-0.39, 0.29) is 18.6 Å². The van der Waals surface area contributed by atoms with Crippen LogP contribution in [0.25, 0.3) is 5.69 Å². The third-order valence-electron chi connectivity index (χ3n) is 4.95. The van der Waals surface area contributed by atoms with Crippen LogP contribution in [0.15, 0.2) is 30.3 Å². The van der Waals surface area contributed by atoms with Gasteiger partial charge in [-0.3, -0.25) is 4.79 Å². The second-order valence-corrected chi connectivity index (χ2v) is 6.80. The first kappa shape index (κ1) is 18.2. The lowest BCUT2D eigenvalue weighted by atomic mass is 10.0. The summed E-state index contributed by atoms with van der Waals surface area (Å²) in [5.41, 5.74) is 2.60. The highest BCUT2D eigenvalue weighted by molar-refractivity contribution is 5.93.